The number of nitrogens with one attached hydrogen (secondary N) is 2. The SMILES string of the molecule is CCc1cccnc1CNc1c(N)n(CC)c(=O)[nH]c1=O. The van der Waals surface area contributed by atoms with E-state index in [0.29, 0.717) is 13.1 Å². The molecule has 0 bridgehead atoms. The van der Waals surface area contributed by atoms with E-state index in [0.717, 1.165) is 17.7 Å². The lowest BCUT2D eigenvalue weighted by molar-refractivity contribution is 0.705. The highest BCUT2D eigenvalue weighted by Crippen LogP contribution is 2.13. The molecule has 2 rings (SSSR count). The molecule has 112 valence electrons. The fourth-order valence-corrected chi connectivity index (χ4v) is 2.20. The van der Waals surface area contributed by atoms with Crippen LogP contribution in [0.5, 0.6) is 0 Å². The third-order valence-electron chi connectivity index (χ3n) is 3.35. The Morgan fingerprint density at radius 3 is 2.81 bits per heavy atom. The highest BCUT2D eigenvalue weighted by atomic mass is 16.2. The Bertz CT molecular complexity index is 748. The Hall–Kier alpha value is -2.57. The summed E-state index contributed by atoms with van der Waals surface area (Å²) >= 11 is 0. The number of H-pyrrole nitrogens is 1. The van der Waals surface area contributed by atoms with E-state index in [1.165, 1.54) is 4.57 Å². The van der Waals surface area contributed by atoms with Gasteiger partial charge in [-0.05, 0) is 25.0 Å². The van der Waals surface area contributed by atoms with Gasteiger partial charge in [-0.25, -0.2) is 4.79 Å². The van der Waals surface area contributed by atoms with Crippen molar-refractivity contribution in [2.45, 2.75) is 33.4 Å². The molecule has 0 aliphatic rings. The second-order valence-electron chi connectivity index (χ2n) is 4.58. The van der Waals surface area contributed by atoms with Gasteiger partial charge in [-0.15, -0.1) is 0 Å². The van der Waals surface area contributed by atoms with Crippen LogP contribution in [0.3, 0.4) is 0 Å². The highest BCUT2D eigenvalue weighted by Gasteiger charge is 2.11. The van der Waals surface area contributed by atoms with E-state index in [2.05, 4.69) is 15.3 Å². The minimum atomic E-state index is -0.517. The number of nitrogens with two attached hydrogens (primary N) is 1. The molecule has 0 saturated heterocycles. The van der Waals surface area contributed by atoms with Crippen LogP contribution >= 0.6 is 0 Å². The van der Waals surface area contributed by atoms with E-state index in [9.17, 15) is 9.59 Å². The number of aromatic amines is 1. The van der Waals surface area contributed by atoms with Crippen LogP contribution in [-0.4, -0.2) is 14.5 Å². The maximum absolute atomic E-state index is 11.9. The van der Waals surface area contributed by atoms with Crippen LogP contribution < -0.4 is 22.3 Å². The fourth-order valence-electron chi connectivity index (χ4n) is 2.20. The summed E-state index contributed by atoms with van der Waals surface area (Å²) in [6.45, 7) is 4.59. The molecule has 0 aliphatic carbocycles. The van der Waals surface area contributed by atoms with E-state index >= 15 is 0 Å². The minimum Gasteiger partial charge on any atom is -0.383 e. The van der Waals surface area contributed by atoms with Crippen LogP contribution in [0.2, 0.25) is 0 Å². The molecule has 4 N–H and O–H groups in total. The first-order valence-electron chi connectivity index (χ1n) is 6.87. The molecule has 2 aromatic heterocycles. The number of pyridine rings is 1. The van der Waals surface area contributed by atoms with Crippen LogP contribution in [0.25, 0.3) is 0 Å². The summed E-state index contributed by atoms with van der Waals surface area (Å²) in [7, 11) is 0. The monoisotopic (exact) mass is 289 g/mol. The zero-order valence-electron chi connectivity index (χ0n) is 12.1. The molecule has 0 atom stereocenters. The fraction of sp³-hybridized carbons (Fsp3) is 0.357. The Morgan fingerprint density at radius 1 is 1.38 bits per heavy atom. The number of aryl methyl sites for hydroxylation is 1. The predicted molar refractivity (Wildman–Crippen MR) is 82.4 cm³/mol. The van der Waals surface area contributed by atoms with Gasteiger partial charge in [0.15, 0.2) is 0 Å². The van der Waals surface area contributed by atoms with Crippen molar-refractivity contribution in [3.05, 3.63) is 50.4 Å². The summed E-state index contributed by atoms with van der Waals surface area (Å²) in [6.07, 6.45) is 2.56. The number of anilines is 2. The van der Waals surface area contributed by atoms with Gasteiger partial charge >= 0.3 is 5.69 Å². The number of nitrogen functional groups attached to an aromatic ring is 1. The number of aromatic nitrogens is 3. The number of rotatable bonds is 5. The first-order chi connectivity index (χ1) is 10.1. The van der Waals surface area contributed by atoms with Crippen LogP contribution in [0.15, 0.2) is 27.9 Å². The van der Waals surface area contributed by atoms with E-state index in [-0.39, 0.29) is 11.5 Å². The molecule has 0 aromatic carbocycles. The third kappa shape index (κ3) is 2.96. The molecular formula is C14H19N5O2. The average Bonchev–Trinajstić information content (AvgIpc) is 2.47. The number of nitrogens with zero attached hydrogens (tertiary/aromatic N) is 2. The Balaban J connectivity index is 2.33. The topological polar surface area (TPSA) is 106 Å². The lowest BCUT2D eigenvalue weighted by Crippen LogP contribution is -2.33. The third-order valence-corrected chi connectivity index (χ3v) is 3.35. The summed E-state index contributed by atoms with van der Waals surface area (Å²) in [5.74, 6) is 0.139. The van der Waals surface area contributed by atoms with Gasteiger partial charge in [0.05, 0.1) is 12.2 Å². The van der Waals surface area contributed by atoms with Gasteiger partial charge in [-0.2, -0.15) is 0 Å². The zero-order valence-corrected chi connectivity index (χ0v) is 12.1. The molecule has 0 aliphatic heterocycles. The molecular weight excluding hydrogens is 270 g/mol. The quantitative estimate of drug-likeness (QED) is 0.751. The van der Waals surface area contributed by atoms with Gasteiger partial charge in [0, 0.05) is 12.7 Å². The van der Waals surface area contributed by atoms with E-state index < -0.39 is 11.2 Å². The molecule has 21 heavy (non-hydrogen) atoms. The van der Waals surface area contributed by atoms with E-state index in [1.54, 1.807) is 13.1 Å². The average molecular weight is 289 g/mol. The van der Waals surface area contributed by atoms with Crippen LogP contribution in [0.4, 0.5) is 11.5 Å². The van der Waals surface area contributed by atoms with Crippen LogP contribution in [0, 0.1) is 0 Å². The van der Waals surface area contributed by atoms with Crippen molar-refractivity contribution in [2.75, 3.05) is 11.1 Å². The molecule has 0 fully saturated rings. The first-order valence-corrected chi connectivity index (χ1v) is 6.87. The highest BCUT2D eigenvalue weighted by molar-refractivity contribution is 5.60. The van der Waals surface area contributed by atoms with Crippen LogP contribution in [-0.2, 0) is 19.5 Å². The molecule has 0 amide bonds. The zero-order chi connectivity index (χ0) is 15.4. The molecule has 0 spiro atoms. The molecule has 7 nitrogen and oxygen atoms in total. The van der Waals surface area contributed by atoms with E-state index in [4.69, 9.17) is 5.73 Å². The number of hydrogen-bond donors (Lipinski definition) is 3. The van der Waals surface area contributed by atoms with Gasteiger partial charge in [-0.3, -0.25) is 19.3 Å². The molecule has 0 unspecified atom stereocenters. The van der Waals surface area contributed by atoms with Gasteiger partial charge in [-0.1, -0.05) is 13.0 Å². The maximum Gasteiger partial charge on any atom is 0.330 e. The lowest BCUT2D eigenvalue weighted by Gasteiger charge is -2.13. The first kappa shape index (κ1) is 14.8. The second-order valence-corrected chi connectivity index (χ2v) is 4.58. The molecule has 7 heteroatoms. The van der Waals surface area contributed by atoms with Gasteiger partial charge < -0.3 is 11.1 Å². The standard InChI is InChI=1S/C14H19N5O2/c1-3-9-6-5-7-16-10(9)8-17-11-12(15)19(4-2)14(21)18-13(11)20/h5-7,17H,3-4,8,15H2,1-2H3,(H,18,20,21). The largest absolute Gasteiger partial charge is 0.383 e. The van der Waals surface area contributed by atoms with E-state index in [1.807, 2.05) is 19.1 Å². The summed E-state index contributed by atoms with van der Waals surface area (Å²) in [4.78, 5) is 30.0. The van der Waals surface area contributed by atoms with Crippen molar-refractivity contribution in [3.8, 4) is 0 Å². The minimum absolute atomic E-state index is 0.139. The predicted octanol–water partition coefficient (Wildman–Crippen LogP) is 0.708. The van der Waals surface area contributed by atoms with Crippen molar-refractivity contribution in [2.24, 2.45) is 0 Å². The number of hydrogen-bond acceptors (Lipinski definition) is 5. The molecule has 0 saturated carbocycles. The molecule has 0 radical (unpaired) electrons. The lowest BCUT2D eigenvalue weighted by atomic mass is 10.1. The van der Waals surface area contributed by atoms with Crippen molar-refractivity contribution in [1.29, 1.82) is 0 Å². The molecule has 2 aromatic rings. The molecule has 2 heterocycles. The van der Waals surface area contributed by atoms with Gasteiger partial charge in [0.2, 0.25) is 0 Å². The van der Waals surface area contributed by atoms with Crippen LogP contribution in [0.1, 0.15) is 25.1 Å². The van der Waals surface area contributed by atoms with Crippen molar-refractivity contribution >= 4 is 11.5 Å². The van der Waals surface area contributed by atoms with Crippen molar-refractivity contribution < 1.29 is 0 Å². The Morgan fingerprint density at radius 2 is 2.14 bits per heavy atom. The van der Waals surface area contributed by atoms with Gasteiger partial charge in [0.25, 0.3) is 5.56 Å². The van der Waals surface area contributed by atoms with Crippen molar-refractivity contribution in [3.63, 3.8) is 0 Å². The summed E-state index contributed by atoms with van der Waals surface area (Å²) < 4.78 is 1.31. The normalized spacial score (nSPS) is 10.6. The Labute approximate surface area is 121 Å². The van der Waals surface area contributed by atoms with Crippen molar-refractivity contribution in [1.82, 2.24) is 14.5 Å². The Kier molecular flexibility index (Phi) is 4.42. The van der Waals surface area contributed by atoms with Gasteiger partial charge in [0.1, 0.15) is 11.5 Å². The maximum atomic E-state index is 11.9. The summed E-state index contributed by atoms with van der Waals surface area (Å²) in [5, 5.41) is 2.98. The second kappa shape index (κ2) is 6.25. The smallest absolute Gasteiger partial charge is 0.330 e. The summed E-state index contributed by atoms with van der Waals surface area (Å²) in [5.41, 5.74) is 7.02. The summed E-state index contributed by atoms with van der Waals surface area (Å²) in [6, 6.07) is 3.87.